The molecule has 0 aliphatic carbocycles. The summed E-state index contributed by atoms with van der Waals surface area (Å²) in [6.45, 7) is 53.9. The lowest BCUT2D eigenvalue weighted by Crippen LogP contribution is -2.58. The lowest BCUT2D eigenvalue weighted by molar-refractivity contribution is 0.810. The highest BCUT2D eigenvalue weighted by Crippen LogP contribution is 2.32. The van der Waals surface area contributed by atoms with Crippen molar-refractivity contribution in [1.29, 1.82) is 0 Å². The molecular weight excluding hydrogens is 717 g/mol. The average molecular weight is 799 g/mol. The van der Waals surface area contributed by atoms with Crippen molar-refractivity contribution in [2.45, 2.75) is 206 Å². The van der Waals surface area contributed by atoms with Crippen molar-refractivity contribution in [2.24, 2.45) is 0 Å². The smallest absolute Gasteiger partial charge is 0.0587 e. The molecule has 0 fully saturated rings. The maximum atomic E-state index is 2.67. The van der Waals surface area contributed by atoms with Crippen molar-refractivity contribution >= 4 is 36.5 Å². The van der Waals surface area contributed by atoms with Crippen LogP contribution >= 0.6 is 0 Å². The molecule has 4 rings (SSSR count). The van der Waals surface area contributed by atoms with Crippen molar-refractivity contribution in [1.82, 2.24) is 0 Å². The lowest BCUT2D eigenvalue weighted by atomic mass is 9.89. The maximum absolute atomic E-state index is 2.67. The first kappa shape index (κ1) is 47.0. The topological polar surface area (TPSA) is 0 Å². The van der Waals surface area contributed by atoms with Gasteiger partial charge in [-0.1, -0.05) is 167 Å². The molecule has 0 amide bonds. The molecule has 0 unspecified atom stereocenters. The van der Waals surface area contributed by atoms with Gasteiger partial charge in [0.15, 0.2) is 0 Å². The Balaban J connectivity index is 2.73. The number of hydrogen-bond donors (Lipinski definition) is 0. The van der Waals surface area contributed by atoms with Crippen LogP contribution in [0.25, 0.3) is 0 Å². The third-order valence-corrected chi connectivity index (χ3v) is 22.5. The van der Waals surface area contributed by atoms with Crippen molar-refractivity contribution in [2.75, 3.05) is 0 Å². The highest BCUT2D eigenvalue weighted by Gasteiger charge is 2.34. The van der Waals surface area contributed by atoms with Gasteiger partial charge < -0.3 is 0 Å². The summed E-state index contributed by atoms with van der Waals surface area (Å²) in [5, 5.41) is 6.90. The van der Waals surface area contributed by atoms with E-state index < -0.39 is 15.8 Å². The molecule has 57 heavy (non-hydrogen) atoms. The van der Waals surface area contributed by atoms with Gasteiger partial charge in [0.25, 0.3) is 0 Å². The standard InChI is InChI=1S/C55H82Si2/c1-30(2)43-24-46(33(7)8)53(47(25-43)34(9)10)56(52-41(21)39(19)23-40(20)42(52)22)57(54-48(35(11)12)26-44(31(3)4)27-49(54)36(13)14)55-50(37(15)16)28-45(32(5)6)29-51(55)38(17)18/h23-38H,1-22H3. The summed E-state index contributed by atoms with van der Waals surface area (Å²) in [6, 6.07) is 18.5. The van der Waals surface area contributed by atoms with Crippen LogP contribution in [0.2, 0.25) is 0 Å². The van der Waals surface area contributed by atoms with E-state index in [2.05, 4.69) is 195 Å². The molecule has 0 saturated heterocycles. The van der Waals surface area contributed by atoms with Crippen LogP contribution in [0.15, 0.2) is 42.5 Å². The Morgan fingerprint density at radius 1 is 0.263 bits per heavy atom. The van der Waals surface area contributed by atoms with Crippen LogP contribution in [0, 0.1) is 27.7 Å². The van der Waals surface area contributed by atoms with Gasteiger partial charge >= 0.3 is 0 Å². The quantitative estimate of drug-likeness (QED) is 0.118. The summed E-state index contributed by atoms with van der Waals surface area (Å²) in [5.41, 5.74) is 20.1. The van der Waals surface area contributed by atoms with E-state index in [0.717, 1.165) is 0 Å². The number of rotatable bonds is 13. The molecule has 2 heteroatoms. The van der Waals surface area contributed by atoms with Gasteiger partial charge in [-0.15, -0.1) is 0 Å². The zero-order valence-electron chi connectivity index (χ0n) is 40.7. The molecule has 310 valence electrons. The summed E-state index contributed by atoms with van der Waals surface area (Å²) < 4.78 is 0. The number of hydrogen-bond acceptors (Lipinski definition) is 0. The highest BCUT2D eigenvalue weighted by molar-refractivity contribution is 7.20. The summed E-state index contributed by atoms with van der Waals surface area (Å²) in [4.78, 5) is 0. The van der Waals surface area contributed by atoms with Crippen LogP contribution in [0.4, 0.5) is 0 Å². The molecular formula is C55H82Si2. The van der Waals surface area contributed by atoms with Crippen LogP contribution in [0.5, 0.6) is 0 Å². The van der Waals surface area contributed by atoms with Crippen molar-refractivity contribution in [3.63, 3.8) is 0 Å². The molecule has 4 aromatic rings. The number of aryl methyl sites for hydroxylation is 2. The van der Waals surface area contributed by atoms with Crippen LogP contribution in [0.1, 0.15) is 250 Å². The molecule has 0 atom stereocenters. The second-order valence-corrected chi connectivity index (χ2v) is 27.0. The van der Waals surface area contributed by atoms with E-state index in [1.165, 1.54) is 38.9 Å². The molecule has 0 aliphatic heterocycles. The number of benzene rings is 4. The minimum absolute atomic E-state index is 0.415. The zero-order valence-corrected chi connectivity index (χ0v) is 42.7. The summed E-state index contributed by atoms with van der Waals surface area (Å²) >= 11 is 0. The Labute approximate surface area is 355 Å². The van der Waals surface area contributed by atoms with Crippen molar-refractivity contribution in [3.05, 3.63) is 115 Å². The van der Waals surface area contributed by atoms with E-state index >= 15 is 0 Å². The van der Waals surface area contributed by atoms with Crippen molar-refractivity contribution in [3.8, 4) is 0 Å². The molecule has 0 nitrogen and oxygen atoms in total. The Morgan fingerprint density at radius 3 is 0.632 bits per heavy atom. The van der Waals surface area contributed by atoms with Gasteiger partial charge in [-0.25, -0.2) is 0 Å². The van der Waals surface area contributed by atoms with Gasteiger partial charge in [0, 0.05) is 0 Å². The Morgan fingerprint density at radius 2 is 0.456 bits per heavy atom. The van der Waals surface area contributed by atoms with Crippen LogP contribution < -0.4 is 20.7 Å². The highest BCUT2D eigenvalue weighted by atomic mass is 28.9. The lowest BCUT2D eigenvalue weighted by Gasteiger charge is -2.34. The van der Waals surface area contributed by atoms with E-state index in [4.69, 9.17) is 0 Å². The third kappa shape index (κ3) is 9.54. The zero-order chi connectivity index (χ0) is 43.1. The van der Waals surface area contributed by atoms with Gasteiger partial charge in [-0.3, -0.25) is 0 Å². The van der Waals surface area contributed by atoms with Gasteiger partial charge in [0.05, 0.1) is 15.8 Å². The largest absolute Gasteiger partial charge is 0.0701 e. The molecule has 0 aliphatic rings. The normalized spacial score (nSPS) is 12.4. The van der Waals surface area contributed by atoms with Crippen LogP contribution in [-0.4, -0.2) is 15.8 Å². The monoisotopic (exact) mass is 799 g/mol. The predicted octanol–water partition coefficient (Wildman–Crippen LogP) is 14.0. The summed E-state index contributed by atoms with van der Waals surface area (Å²) in [7, 11) is -3.06. The van der Waals surface area contributed by atoms with E-state index in [9.17, 15) is 0 Å². The molecule has 4 aromatic carbocycles. The fraction of sp³-hybridized carbons (Fsp3) is 0.564. The van der Waals surface area contributed by atoms with E-state index in [0.29, 0.717) is 53.3 Å². The van der Waals surface area contributed by atoms with Crippen molar-refractivity contribution < 1.29 is 0 Å². The first-order chi connectivity index (χ1) is 26.4. The Hall–Kier alpha value is -2.69. The molecule has 0 bridgehead atoms. The molecule has 0 spiro atoms. The summed E-state index contributed by atoms with van der Waals surface area (Å²) in [5.74, 6) is 3.93. The van der Waals surface area contributed by atoms with Gasteiger partial charge in [0.1, 0.15) is 0 Å². The minimum Gasteiger partial charge on any atom is -0.0587 e. The first-order valence-corrected chi connectivity index (χ1v) is 26.8. The first-order valence-electron chi connectivity index (χ1n) is 22.8. The van der Waals surface area contributed by atoms with Gasteiger partial charge in [-0.2, -0.15) is 0 Å². The van der Waals surface area contributed by atoms with Crippen LogP contribution in [-0.2, 0) is 0 Å². The Bertz CT molecular complexity index is 1920. The average Bonchev–Trinajstić information content (AvgIpc) is 3.11. The summed E-state index contributed by atoms with van der Waals surface area (Å²) in [6.07, 6.45) is 0. The molecule has 0 aromatic heterocycles. The third-order valence-electron chi connectivity index (χ3n) is 13.0. The maximum Gasteiger partial charge on any atom is 0.0701 e. The Kier molecular flexibility index (Phi) is 15.4. The fourth-order valence-corrected chi connectivity index (χ4v) is 22.3. The fourth-order valence-electron chi connectivity index (χ4n) is 9.08. The molecule has 0 heterocycles. The van der Waals surface area contributed by atoms with E-state index in [-0.39, 0.29) is 0 Å². The van der Waals surface area contributed by atoms with Gasteiger partial charge in [-0.05, 0) is 174 Å². The molecule has 0 saturated carbocycles. The SMILES string of the molecule is Cc1cc(C)c(C)c([Si](c2c(C(C)C)cc(C(C)C)cc2C(C)C)=[Si](c2c(C(C)C)cc(C(C)C)cc2C(C)C)c2c(C(C)C)cc(C(C)C)cc2C(C)C)c1C. The second-order valence-electron chi connectivity index (χ2n) is 20.5. The van der Waals surface area contributed by atoms with Crippen LogP contribution in [0.3, 0.4) is 0 Å². The molecule has 0 N–H and O–H groups in total. The van der Waals surface area contributed by atoms with Gasteiger partial charge in [0.2, 0.25) is 0 Å². The van der Waals surface area contributed by atoms with E-state index in [1.54, 1.807) is 54.1 Å². The second kappa shape index (κ2) is 18.7. The minimum atomic E-state index is -1.54. The predicted molar refractivity (Wildman–Crippen MR) is 262 cm³/mol. The van der Waals surface area contributed by atoms with E-state index in [1.807, 2.05) is 0 Å². The molecule has 0 radical (unpaired) electrons.